The van der Waals surface area contributed by atoms with E-state index in [4.69, 9.17) is 5.26 Å². The summed E-state index contributed by atoms with van der Waals surface area (Å²) in [5.74, 6) is 0. The maximum atomic E-state index is 10.9. The number of hydrogen-bond donors (Lipinski definition) is 2. The molecule has 0 radical (unpaired) electrons. The number of hydrogen-bond acceptors (Lipinski definition) is 3. The molecule has 0 saturated carbocycles. The zero-order valence-electron chi connectivity index (χ0n) is 12.7. The highest BCUT2D eigenvalue weighted by Crippen LogP contribution is 2.36. The first-order chi connectivity index (χ1) is 10.6. The van der Waals surface area contributed by atoms with E-state index in [0.29, 0.717) is 12.1 Å². The minimum Gasteiger partial charge on any atom is -0.384 e. The van der Waals surface area contributed by atoms with Gasteiger partial charge in [0.15, 0.2) is 0 Å². The van der Waals surface area contributed by atoms with Crippen LogP contribution in [0.3, 0.4) is 0 Å². The normalized spacial score (nSPS) is 21.1. The van der Waals surface area contributed by atoms with Crippen LogP contribution in [-0.4, -0.2) is 11.7 Å². The van der Waals surface area contributed by atoms with Gasteiger partial charge in [-0.25, -0.2) is 0 Å². The zero-order valence-corrected chi connectivity index (χ0v) is 12.7. The molecule has 2 N–H and O–H groups in total. The predicted octanol–water partition coefficient (Wildman–Crippen LogP) is 3.04. The third kappa shape index (κ3) is 2.76. The third-order valence-corrected chi connectivity index (χ3v) is 4.54. The lowest BCUT2D eigenvalue weighted by Gasteiger charge is -2.27. The molecule has 0 amide bonds. The van der Waals surface area contributed by atoms with Crippen molar-refractivity contribution in [1.29, 1.82) is 5.26 Å². The van der Waals surface area contributed by atoms with Gasteiger partial charge in [0.05, 0.1) is 11.6 Å². The standard InChI is InChI=1S/C19H20N2O/c1-14(17-7-4-5-15(11-17)12-20)21-13-19(22)10-9-16-6-2-3-8-18(16)19/h2-8,11,14,21-22H,9-10,13H2,1H3. The first-order valence-electron chi connectivity index (χ1n) is 7.66. The van der Waals surface area contributed by atoms with E-state index in [2.05, 4.69) is 24.4 Å². The highest BCUT2D eigenvalue weighted by atomic mass is 16.3. The highest BCUT2D eigenvalue weighted by molar-refractivity contribution is 5.38. The average molecular weight is 292 g/mol. The van der Waals surface area contributed by atoms with Crippen LogP contribution in [0.2, 0.25) is 0 Å². The summed E-state index contributed by atoms with van der Waals surface area (Å²) in [6.07, 6.45) is 1.68. The Morgan fingerprint density at radius 1 is 1.27 bits per heavy atom. The molecule has 2 aromatic rings. The molecule has 112 valence electrons. The van der Waals surface area contributed by atoms with E-state index in [9.17, 15) is 5.11 Å². The Labute approximate surface area is 131 Å². The summed E-state index contributed by atoms with van der Waals surface area (Å²) in [5.41, 5.74) is 3.22. The number of rotatable bonds is 4. The fraction of sp³-hybridized carbons (Fsp3) is 0.316. The van der Waals surface area contributed by atoms with Crippen LogP contribution in [0.25, 0.3) is 0 Å². The zero-order chi connectivity index (χ0) is 15.6. The molecule has 2 unspecified atom stereocenters. The molecule has 1 aliphatic carbocycles. The second-order valence-electron chi connectivity index (χ2n) is 6.03. The van der Waals surface area contributed by atoms with Crippen LogP contribution in [0.5, 0.6) is 0 Å². The van der Waals surface area contributed by atoms with Crippen LogP contribution < -0.4 is 5.32 Å². The topological polar surface area (TPSA) is 56.0 Å². The van der Waals surface area contributed by atoms with Crippen molar-refractivity contribution in [3.8, 4) is 6.07 Å². The Hall–Kier alpha value is -2.15. The smallest absolute Gasteiger partial charge is 0.103 e. The molecular weight excluding hydrogens is 272 g/mol. The Bertz CT molecular complexity index is 719. The van der Waals surface area contributed by atoms with E-state index in [1.54, 1.807) is 6.07 Å². The Morgan fingerprint density at radius 3 is 2.91 bits per heavy atom. The second kappa shape index (κ2) is 5.92. The van der Waals surface area contributed by atoms with Crippen LogP contribution in [0.15, 0.2) is 48.5 Å². The number of nitrogens with zero attached hydrogens (tertiary/aromatic N) is 1. The van der Waals surface area contributed by atoms with Crippen molar-refractivity contribution in [3.63, 3.8) is 0 Å². The monoisotopic (exact) mass is 292 g/mol. The number of nitriles is 1. The van der Waals surface area contributed by atoms with Crippen molar-refractivity contribution in [2.45, 2.75) is 31.4 Å². The van der Waals surface area contributed by atoms with Gasteiger partial charge in [-0.05, 0) is 48.6 Å². The molecule has 2 aromatic carbocycles. The van der Waals surface area contributed by atoms with E-state index in [1.807, 2.05) is 36.4 Å². The van der Waals surface area contributed by atoms with Gasteiger partial charge in [0, 0.05) is 12.6 Å². The molecule has 1 aliphatic rings. The molecule has 0 aromatic heterocycles. The van der Waals surface area contributed by atoms with Gasteiger partial charge in [-0.2, -0.15) is 5.26 Å². The van der Waals surface area contributed by atoms with E-state index in [1.165, 1.54) is 5.56 Å². The fourth-order valence-corrected chi connectivity index (χ4v) is 3.17. The Kier molecular flexibility index (Phi) is 3.98. The number of benzene rings is 2. The van der Waals surface area contributed by atoms with Crippen LogP contribution in [0.1, 0.15) is 41.6 Å². The van der Waals surface area contributed by atoms with Gasteiger partial charge in [0.1, 0.15) is 5.60 Å². The molecule has 0 bridgehead atoms. The minimum atomic E-state index is -0.794. The van der Waals surface area contributed by atoms with Gasteiger partial charge >= 0.3 is 0 Å². The van der Waals surface area contributed by atoms with Crippen molar-refractivity contribution in [1.82, 2.24) is 5.32 Å². The maximum absolute atomic E-state index is 10.9. The highest BCUT2D eigenvalue weighted by Gasteiger charge is 2.36. The van der Waals surface area contributed by atoms with E-state index < -0.39 is 5.60 Å². The van der Waals surface area contributed by atoms with Gasteiger partial charge in [0.25, 0.3) is 0 Å². The summed E-state index contributed by atoms with van der Waals surface area (Å²) >= 11 is 0. The summed E-state index contributed by atoms with van der Waals surface area (Å²) in [6.45, 7) is 2.57. The lowest BCUT2D eigenvalue weighted by atomic mass is 9.95. The van der Waals surface area contributed by atoms with Gasteiger partial charge in [-0.15, -0.1) is 0 Å². The van der Waals surface area contributed by atoms with Gasteiger partial charge < -0.3 is 10.4 Å². The predicted molar refractivity (Wildman–Crippen MR) is 86.2 cm³/mol. The van der Waals surface area contributed by atoms with Crippen LogP contribution in [-0.2, 0) is 12.0 Å². The van der Waals surface area contributed by atoms with E-state index >= 15 is 0 Å². The molecule has 3 nitrogen and oxygen atoms in total. The molecule has 3 rings (SSSR count). The number of aryl methyl sites for hydroxylation is 1. The molecule has 0 spiro atoms. The first-order valence-corrected chi connectivity index (χ1v) is 7.66. The van der Waals surface area contributed by atoms with Crippen molar-refractivity contribution in [3.05, 3.63) is 70.8 Å². The molecular formula is C19H20N2O. The fourth-order valence-electron chi connectivity index (χ4n) is 3.17. The van der Waals surface area contributed by atoms with Crippen molar-refractivity contribution < 1.29 is 5.11 Å². The third-order valence-electron chi connectivity index (χ3n) is 4.54. The van der Waals surface area contributed by atoms with Crippen molar-refractivity contribution in [2.75, 3.05) is 6.54 Å². The molecule has 0 fully saturated rings. The van der Waals surface area contributed by atoms with Crippen LogP contribution >= 0.6 is 0 Å². The molecule has 0 saturated heterocycles. The Balaban J connectivity index is 1.71. The van der Waals surface area contributed by atoms with E-state index in [0.717, 1.165) is 24.0 Å². The first kappa shape index (κ1) is 14.8. The Morgan fingerprint density at radius 2 is 2.09 bits per heavy atom. The summed E-state index contributed by atoms with van der Waals surface area (Å²) < 4.78 is 0. The van der Waals surface area contributed by atoms with Gasteiger partial charge in [-0.1, -0.05) is 36.4 Å². The lowest BCUT2D eigenvalue weighted by Crippen LogP contribution is -2.37. The van der Waals surface area contributed by atoms with Gasteiger partial charge in [-0.3, -0.25) is 0 Å². The van der Waals surface area contributed by atoms with Crippen molar-refractivity contribution >= 4 is 0 Å². The molecule has 3 heteroatoms. The quantitative estimate of drug-likeness (QED) is 0.910. The molecule has 0 heterocycles. The van der Waals surface area contributed by atoms with Crippen LogP contribution in [0, 0.1) is 11.3 Å². The molecule has 22 heavy (non-hydrogen) atoms. The average Bonchev–Trinajstić information content (AvgIpc) is 2.91. The van der Waals surface area contributed by atoms with Crippen LogP contribution in [0.4, 0.5) is 0 Å². The number of nitrogens with one attached hydrogen (secondary N) is 1. The summed E-state index contributed by atoms with van der Waals surface area (Å²) in [4.78, 5) is 0. The maximum Gasteiger partial charge on any atom is 0.103 e. The van der Waals surface area contributed by atoms with E-state index in [-0.39, 0.29) is 6.04 Å². The molecule has 0 aliphatic heterocycles. The SMILES string of the molecule is CC(NCC1(O)CCc2ccccc21)c1cccc(C#N)c1. The number of fused-ring (bicyclic) bond motifs is 1. The lowest BCUT2D eigenvalue weighted by molar-refractivity contribution is 0.0363. The summed E-state index contributed by atoms with van der Waals surface area (Å²) in [6, 6.07) is 18.0. The van der Waals surface area contributed by atoms with Crippen molar-refractivity contribution in [2.24, 2.45) is 0 Å². The minimum absolute atomic E-state index is 0.0880. The van der Waals surface area contributed by atoms with Gasteiger partial charge in [0.2, 0.25) is 0 Å². The second-order valence-corrected chi connectivity index (χ2v) is 6.03. The molecule has 2 atom stereocenters. The largest absolute Gasteiger partial charge is 0.384 e. The number of aliphatic hydroxyl groups is 1. The summed E-state index contributed by atoms with van der Waals surface area (Å²) in [7, 11) is 0. The summed E-state index contributed by atoms with van der Waals surface area (Å²) in [5, 5.41) is 23.3.